The number of carbonyl (C=O) groups is 1. The van der Waals surface area contributed by atoms with Crippen molar-refractivity contribution < 1.29 is 4.79 Å². The summed E-state index contributed by atoms with van der Waals surface area (Å²) in [7, 11) is 0. The summed E-state index contributed by atoms with van der Waals surface area (Å²) in [6.45, 7) is 5.61. The third kappa shape index (κ3) is 2.62. The summed E-state index contributed by atoms with van der Waals surface area (Å²) in [6, 6.07) is 5.60. The number of amides is 1. The number of pyridine rings is 1. The first kappa shape index (κ1) is 14.4. The molecule has 3 N–H and O–H groups in total. The summed E-state index contributed by atoms with van der Waals surface area (Å²) in [5, 5.41) is 3.49. The third-order valence-corrected chi connectivity index (χ3v) is 4.26. The van der Waals surface area contributed by atoms with E-state index in [9.17, 15) is 4.79 Å². The number of aromatic nitrogens is 3. The van der Waals surface area contributed by atoms with Gasteiger partial charge in [-0.3, -0.25) is 10.1 Å². The lowest BCUT2D eigenvalue weighted by molar-refractivity contribution is 0.103. The molecule has 3 aromatic rings. The molecule has 0 bridgehead atoms. The van der Waals surface area contributed by atoms with Crippen LogP contribution in [0, 0.1) is 20.8 Å². The largest absolute Gasteiger partial charge is 0.397 e. The molecule has 22 heavy (non-hydrogen) atoms. The minimum absolute atomic E-state index is 0.281. The van der Waals surface area contributed by atoms with Crippen LogP contribution in [-0.2, 0) is 0 Å². The van der Waals surface area contributed by atoms with Gasteiger partial charge in [0, 0.05) is 22.5 Å². The second kappa shape index (κ2) is 5.34. The van der Waals surface area contributed by atoms with Gasteiger partial charge in [0.25, 0.3) is 5.91 Å². The van der Waals surface area contributed by atoms with Crippen LogP contribution < -0.4 is 11.1 Å². The number of nitrogens with zero attached hydrogens (tertiary/aromatic N) is 3. The molecular formula is C15H15N5OS. The minimum Gasteiger partial charge on any atom is -0.397 e. The zero-order valence-corrected chi connectivity index (χ0v) is 13.3. The maximum absolute atomic E-state index is 12.4. The summed E-state index contributed by atoms with van der Waals surface area (Å²) in [5.74, 6) is -0.0355. The Kier molecular flexibility index (Phi) is 3.50. The molecule has 0 radical (unpaired) electrons. The summed E-state index contributed by atoms with van der Waals surface area (Å²) >= 11 is 1.27. The van der Waals surface area contributed by atoms with Crippen LogP contribution in [0.4, 0.5) is 11.6 Å². The molecule has 0 spiro atoms. The Labute approximate surface area is 131 Å². The van der Waals surface area contributed by atoms with Crippen LogP contribution in [0.25, 0.3) is 10.2 Å². The van der Waals surface area contributed by atoms with E-state index in [1.54, 1.807) is 0 Å². The SMILES string of the molecule is Cc1cc(C)nc(NC(=O)c2sc3nc(C)ccc3c2N)n1. The van der Waals surface area contributed by atoms with Gasteiger partial charge in [-0.1, -0.05) is 0 Å². The Morgan fingerprint density at radius 2 is 1.77 bits per heavy atom. The van der Waals surface area contributed by atoms with Crippen molar-refractivity contribution in [1.82, 2.24) is 15.0 Å². The molecule has 3 rings (SSSR count). The van der Waals surface area contributed by atoms with Crippen LogP contribution in [0.5, 0.6) is 0 Å². The van der Waals surface area contributed by atoms with Crippen LogP contribution in [0.3, 0.4) is 0 Å². The van der Waals surface area contributed by atoms with Crippen molar-refractivity contribution >= 4 is 39.1 Å². The number of carbonyl (C=O) groups excluding carboxylic acids is 1. The topological polar surface area (TPSA) is 93.8 Å². The van der Waals surface area contributed by atoms with Gasteiger partial charge < -0.3 is 5.73 Å². The normalized spacial score (nSPS) is 10.9. The molecule has 0 unspecified atom stereocenters. The molecule has 3 heterocycles. The quantitative estimate of drug-likeness (QED) is 0.758. The first-order chi connectivity index (χ1) is 10.4. The van der Waals surface area contributed by atoms with Gasteiger partial charge >= 0.3 is 0 Å². The summed E-state index contributed by atoms with van der Waals surface area (Å²) < 4.78 is 0. The summed E-state index contributed by atoms with van der Waals surface area (Å²) in [5.41, 5.74) is 8.99. The zero-order chi connectivity index (χ0) is 15.9. The van der Waals surface area contributed by atoms with E-state index < -0.39 is 0 Å². The number of nitrogen functional groups attached to an aromatic ring is 1. The van der Waals surface area contributed by atoms with Crippen LogP contribution in [0.2, 0.25) is 0 Å². The maximum atomic E-state index is 12.4. The molecule has 112 valence electrons. The highest BCUT2D eigenvalue weighted by Gasteiger charge is 2.18. The zero-order valence-electron chi connectivity index (χ0n) is 12.5. The lowest BCUT2D eigenvalue weighted by Gasteiger charge is -2.04. The molecule has 1 amide bonds. The molecule has 7 heteroatoms. The first-order valence-corrected chi connectivity index (χ1v) is 7.55. The highest BCUT2D eigenvalue weighted by atomic mass is 32.1. The van der Waals surface area contributed by atoms with E-state index in [4.69, 9.17) is 5.73 Å². The summed E-state index contributed by atoms with van der Waals surface area (Å²) in [6.07, 6.45) is 0. The number of hydrogen-bond donors (Lipinski definition) is 2. The van der Waals surface area contributed by atoms with Crippen molar-refractivity contribution in [2.45, 2.75) is 20.8 Å². The van der Waals surface area contributed by atoms with E-state index in [-0.39, 0.29) is 11.9 Å². The van der Waals surface area contributed by atoms with Gasteiger partial charge in [0.05, 0.1) is 5.69 Å². The molecule has 0 atom stereocenters. The van der Waals surface area contributed by atoms with E-state index in [1.807, 2.05) is 39.0 Å². The van der Waals surface area contributed by atoms with Crippen LogP contribution in [-0.4, -0.2) is 20.9 Å². The van der Waals surface area contributed by atoms with Crippen molar-refractivity contribution in [1.29, 1.82) is 0 Å². The molecule has 0 aliphatic rings. The monoisotopic (exact) mass is 313 g/mol. The van der Waals surface area contributed by atoms with Crippen molar-refractivity contribution in [3.63, 3.8) is 0 Å². The first-order valence-electron chi connectivity index (χ1n) is 6.73. The van der Waals surface area contributed by atoms with Gasteiger partial charge in [0.15, 0.2) is 0 Å². The molecule has 3 aromatic heterocycles. The van der Waals surface area contributed by atoms with Crippen molar-refractivity contribution in [3.8, 4) is 0 Å². The lowest BCUT2D eigenvalue weighted by Crippen LogP contribution is -2.15. The predicted molar refractivity (Wildman–Crippen MR) is 88.2 cm³/mol. The number of nitrogens with one attached hydrogen (secondary N) is 1. The Hall–Kier alpha value is -2.54. The van der Waals surface area contributed by atoms with Gasteiger partial charge in [-0.25, -0.2) is 15.0 Å². The molecule has 0 aliphatic heterocycles. The molecule has 0 aromatic carbocycles. The second-order valence-electron chi connectivity index (χ2n) is 5.08. The molecule has 0 fully saturated rings. The number of aryl methyl sites for hydroxylation is 3. The Balaban J connectivity index is 1.96. The highest BCUT2D eigenvalue weighted by Crippen LogP contribution is 2.32. The van der Waals surface area contributed by atoms with Gasteiger partial charge in [0.1, 0.15) is 9.71 Å². The van der Waals surface area contributed by atoms with Gasteiger partial charge in [-0.15, -0.1) is 11.3 Å². The Morgan fingerprint density at radius 1 is 1.09 bits per heavy atom. The average molecular weight is 313 g/mol. The maximum Gasteiger partial charge on any atom is 0.270 e. The van der Waals surface area contributed by atoms with Crippen LogP contribution in [0.15, 0.2) is 18.2 Å². The molecular weight excluding hydrogens is 298 g/mol. The van der Waals surface area contributed by atoms with E-state index in [2.05, 4.69) is 20.3 Å². The second-order valence-corrected chi connectivity index (χ2v) is 6.08. The smallest absolute Gasteiger partial charge is 0.270 e. The van der Waals surface area contributed by atoms with Crippen LogP contribution >= 0.6 is 11.3 Å². The van der Waals surface area contributed by atoms with E-state index in [0.717, 1.165) is 27.3 Å². The number of nitrogens with two attached hydrogens (primary N) is 1. The fraction of sp³-hybridized carbons (Fsp3) is 0.200. The number of hydrogen-bond acceptors (Lipinski definition) is 6. The number of rotatable bonds is 2. The number of fused-ring (bicyclic) bond motifs is 1. The van der Waals surface area contributed by atoms with Crippen LogP contribution in [0.1, 0.15) is 26.8 Å². The van der Waals surface area contributed by atoms with Crippen molar-refractivity contribution in [2.75, 3.05) is 11.1 Å². The lowest BCUT2D eigenvalue weighted by atomic mass is 10.2. The molecule has 0 saturated heterocycles. The van der Waals surface area contributed by atoms with E-state index >= 15 is 0 Å². The van der Waals surface area contributed by atoms with Gasteiger partial charge in [0.2, 0.25) is 5.95 Å². The standard InChI is InChI=1S/C15H15N5OS/c1-7-4-5-10-11(16)12(22-14(10)17-7)13(21)20-15-18-8(2)6-9(3)19-15/h4-6H,16H2,1-3H3,(H,18,19,20,21). The molecule has 0 saturated carbocycles. The fourth-order valence-electron chi connectivity index (χ4n) is 2.20. The van der Waals surface area contributed by atoms with Crippen molar-refractivity contribution in [3.05, 3.63) is 40.2 Å². The van der Waals surface area contributed by atoms with E-state index in [1.165, 1.54) is 11.3 Å². The Bertz CT molecular complexity index is 867. The average Bonchev–Trinajstić information content (AvgIpc) is 2.74. The Morgan fingerprint density at radius 3 is 2.45 bits per heavy atom. The minimum atomic E-state index is -0.317. The summed E-state index contributed by atoms with van der Waals surface area (Å²) in [4.78, 5) is 26.4. The highest BCUT2D eigenvalue weighted by molar-refractivity contribution is 7.21. The number of anilines is 2. The fourth-order valence-corrected chi connectivity index (χ4v) is 3.23. The van der Waals surface area contributed by atoms with Crippen molar-refractivity contribution in [2.24, 2.45) is 0 Å². The molecule has 6 nitrogen and oxygen atoms in total. The molecule has 0 aliphatic carbocycles. The van der Waals surface area contributed by atoms with E-state index in [0.29, 0.717) is 10.6 Å². The van der Waals surface area contributed by atoms with Gasteiger partial charge in [-0.2, -0.15) is 0 Å². The third-order valence-electron chi connectivity index (χ3n) is 3.15. The number of thiophene rings is 1. The van der Waals surface area contributed by atoms with Gasteiger partial charge in [-0.05, 0) is 39.0 Å². The predicted octanol–water partition coefficient (Wildman–Crippen LogP) is 2.85.